The van der Waals surface area contributed by atoms with E-state index in [2.05, 4.69) is 113 Å². The highest BCUT2D eigenvalue weighted by molar-refractivity contribution is 14.1. The van der Waals surface area contributed by atoms with Crippen molar-refractivity contribution in [1.29, 1.82) is 0 Å². The van der Waals surface area contributed by atoms with E-state index >= 15 is 0 Å². The summed E-state index contributed by atoms with van der Waals surface area (Å²) in [5.74, 6) is 11.2. The van der Waals surface area contributed by atoms with Crippen LogP contribution in [-0.2, 0) is 0 Å². The Kier molecular flexibility index (Phi) is 9.25. The Morgan fingerprint density at radius 1 is 0.842 bits per heavy atom. The van der Waals surface area contributed by atoms with Crippen LogP contribution >= 0.6 is 22.6 Å². The normalized spacial score (nSPS) is 54.6. The molecule has 0 bridgehead atoms. The van der Waals surface area contributed by atoms with Crippen molar-refractivity contribution in [3.05, 3.63) is 0 Å². The van der Waals surface area contributed by atoms with Crippen LogP contribution in [0.25, 0.3) is 0 Å². The largest absolute Gasteiger partial charge is 0.0823 e. The molecule has 4 fully saturated rings. The van der Waals surface area contributed by atoms with Gasteiger partial charge >= 0.3 is 0 Å². The van der Waals surface area contributed by atoms with E-state index in [0.717, 1.165) is 80.9 Å². The van der Waals surface area contributed by atoms with Crippen LogP contribution in [0, 0.1) is 93.2 Å². The molecule has 222 valence electrons. The van der Waals surface area contributed by atoms with Crippen LogP contribution in [0.2, 0.25) is 0 Å². The molecule has 0 aliphatic heterocycles. The quantitative estimate of drug-likeness (QED) is 0.201. The lowest BCUT2D eigenvalue weighted by atomic mass is 9.29. The topological polar surface area (TPSA) is 0 Å². The van der Waals surface area contributed by atoms with Crippen molar-refractivity contribution in [3.8, 4) is 0 Å². The number of alkyl halides is 1. The molecular weight excluding hydrogens is 571 g/mol. The van der Waals surface area contributed by atoms with E-state index < -0.39 is 0 Å². The van der Waals surface area contributed by atoms with Gasteiger partial charge in [-0.25, -0.2) is 0 Å². The van der Waals surface area contributed by atoms with Crippen LogP contribution in [0.5, 0.6) is 0 Å². The van der Waals surface area contributed by atoms with Gasteiger partial charge in [0.2, 0.25) is 0 Å². The highest BCUT2D eigenvalue weighted by atomic mass is 127. The van der Waals surface area contributed by atoms with E-state index in [9.17, 15) is 0 Å². The Bertz CT molecular complexity index is 818. The second kappa shape index (κ2) is 11.1. The Labute approximate surface area is 253 Å². The van der Waals surface area contributed by atoms with E-state index in [4.69, 9.17) is 0 Å². The van der Waals surface area contributed by atoms with Crippen LogP contribution < -0.4 is 0 Å². The predicted octanol–water partition coefficient (Wildman–Crippen LogP) is 11.8. The first-order chi connectivity index (χ1) is 17.6. The summed E-state index contributed by atoms with van der Waals surface area (Å²) in [7, 11) is 0. The summed E-state index contributed by atoms with van der Waals surface area (Å²) in [6, 6.07) is 0. The first kappa shape index (κ1) is 31.7. The fourth-order valence-corrected chi connectivity index (χ4v) is 15.3. The molecule has 0 radical (unpaired) electrons. The van der Waals surface area contributed by atoms with E-state index in [0.29, 0.717) is 16.2 Å². The van der Waals surface area contributed by atoms with Gasteiger partial charge in [-0.15, -0.1) is 0 Å². The first-order valence-corrected chi connectivity index (χ1v) is 18.5. The summed E-state index contributed by atoms with van der Waals surface area (Å²) in [6.45, 7) is 34.6. The molecule has 0 aromatic rings. The molecule has 0 nitrogen and oxygen atoms in total. The second-order valence-electron chi connectivity index (χ2n) is 17.1. The minimum atomic E-state index is 0.416. The van der Waals surface area contributed by atoms with Crippen LogP contribution in [0.4, 0.5) is 0 Å². The van der Waals surface area contributed by atoms with Crippen LogP contribution in [0.1, 0.15) is 135 Å². The first-order valence-electron chi connectivity index (χ1n) is 17.2. The molecule has 4 aliphatic rings. The van der Waals surface area contributed by atoms with Crippen LogP contribution in [0.3, 0.4) is 0 Å². The van der Waals surface area contributed by atoms with Crippen molar-refractivity contribution < 1.29 is 0 Å². The summed E-state index contributed by atoms with van der Waals surface area (Å²) in [5.41, 5.74) is 1.33. The van der Waals surface area contributed by atoms with Gasteiger partial charge in [-0.2, -0.15) is 0 Å². The van der Waals surface area contributed by atoms with Gasteiger partial charge < -0.3 is 0 Å². The van der Waals surface area contributed by atoms with Gasteiger partial charge in [0.05, 0.1) is 0 Å². The highest BCUT2D eigenvalue weighted by Crippen LogP contribution is 2.77. The van der Waals surface area contributed by atoms with Crippen molar-refractivity contribution in [2.75, 3.05) is 0 Å². The molecule has 0 spiro atoms. The standard InChI is InChI=1S/C37H67I/c1-14-22(5)18-28-16-17-30(38)32-25(8)34-27(10)37(13)26(9)31(23(6)15-2)24(7)33(21(3)4)36(37,12)20-35(34,11)19-29(28)32/h21-34H,14-20H2,1-13H3/t22?,23?,24-,25?,26?,27?,28-,29?,30?,31?,32?,33?,34?,35?,36?,37?/m0/s1. The van der Waals surface area contributed by atoms with E-state index in [1.165, 1.54) is 44.9 Å². The SMILES string of the molecule is CCC(C)C[C@@H]1CCC(I)C2C(C)C3C(C)C4(C)C(C)C(C(C)CC)[C@H](C)C(C(C)C)C4(C)CC3(C)CC21. The van der Waals surface area contributed by atoms with Crippen molar-refractivity contribution in [1.82, 2.24) is 0 Å². The zero-order valence-corrected chi connectivity index (χ0v) is 30.1. The molecule has 16 atom stereocenters. The monoisotopic (exact) mass is 638 g/mol. The van der Waals surface area contributed by atoms with Gasteiger partial charge in [-0.05, 0) is 125 Å². The van der Waals surface area contributed by atoms with Gasteiger partial charge in [0.15, 0.2) is 0 Å². The molecule has 0 N–H and O–H groups in total. The average Bonchev–Trinajstić information content (AvgIpc) is 2.82. The molecule has 4 saturated carbocycles. The maximum Gasteiger partial charge on any atom is 0.0143 e. The fourth-order valence-electron chi connectivity index (χ4n) is 13.8. The zero-order valence-electron chi connectivity index (χ0n) is 27.9. The van der Waals surface area contributed by atoms with Gasteiger partial charge in [-0.3, -0.25) is 0 Å². The third-order valence-corrected chi connectivity index (χ3v) is 16.8. The molecule has 0 aromatic carbocycles. The number of hydrogen-bond donors (Lipinski definition) is 0. The summed E-state index contributed by atoms with van der Waals surface area (Å²) in [5, 5.41) is 0. The summed E-state index contributed by atoms with van der Waals surface area (Å²) < 4.78 is 0.888. The number of fused-ring (bicyclic) bond motifs is 3. The average molecular weight is 639 g/mol. The van der Waals surface area contributed by atoms with Crippen molar-refractivity contribution in [2.24, 2.45) is 93.2 Å². The molecule has 0 amide bonds. The third-order valence-electron chi connectivity index (χ3n) is 15.4. The molecule has 14 unspecified atom stereocenters. The lowest BCUT2D eigenvalue weighted by molar-refractivity contribution is -0.273. The maximum absolute atomic E-state index is 2.91. The predicted molar refractivity (Wildman–Crippen MR) is 177 cm³/mol. The van der Waals surface area contributed by atoms with Gasteiger partial charge in [-0.1, -0.05) is 125 Å². The second-order valence-corrected chi connectivity index (χ2v) is 18.7. The number of halogens is 1. The minimum Gasteiger partial charge on any atom is -0.0823 e. The number of rotatable bonds is 6. The van der Waals surface area contributed by atoms with E-state index in [1.54, 1.807) is 0 Å². The Balaban J connectivity index is 1.81. The summed E-state index contributed by atoms with van der Waals surface area (Å²) in [6.07, 6.45) is 10.1. The molecule has 1 heteroatoms. The lowest BCUT2D eigenvalue weighted by Crippen LogP contribution is -2.70. The Hall–Kier alpha value is 0.730. The molecule has 4 rings (SSSR count). The van der Waals surface area contributed by atoms with Crippen molar-refractivity contribution in [3.63, 3.8) is 0 Å². The van der Waals surface area contributed by atoms with Gasteiger partial charge in [0, 0.05) is 3.92 Å². The minimum absolute atomic E-state index is 0.416. The van der Waals surface area contributed by atoms with Crippen LogP contribution in [-0.4, -0.2) is 3.92 Å². The molecule has 4 aliphatic carbocycles. The van der Waals surface area contributed by atoms with Gasteiger partial charge in [0.1, 0.15) is 0 Å². The summed E-state index contributed by atoms with van der Waals surface area (Å²) >= 11 is 2.91. The van der Waals surface area contributed by atoms with Crippen LogP contribution in [0.15, 0.2) is 0 Å². The Morgan fingerprint density at radius 2 is 1.47 bits per heavy atom. The smallest absolute Gasteiger partial charge is 0.0143 e. The van der Waals surface area contributed by atoms with Crippen molar-refractivity contribution in [2.45, 2.75) is 139 Å². The number of hydrogen-bond acceptors (Lipinski definition) is 0. The molecular formula is C37H67I. The molecule has 0 heterocycles. The Morgan fingerprint density at radius 3 is 2.03 bits per heavy atom. The molecule has 38 heavy (non-hydrogen) atoms. The third kappa shape index (κ3) is 4.53. The molecule has 0 aromatic heterocycles. The van der Waals surface area contributed by atoms with E-state index in [1.807, 2.05) is 0 Å². The maximum atomic E-state index is 2.91. The zero-order chi connectivity index (χ0) is 28.5. The molecule has 0 saturated heterocycles. The summed E-state index contributed by atoms with van der Waals surface area (Å²) in [4.78, 5) is 0. The lowest BCUT2D eigenvalue weighted by Gasteiger charge is -2.75. The van der Waals surface area contributed by atoms with Crippen molar-refractivity contribution >= 4 is 22.6 Å². The van der Waals surface area contributed by atoms with E-state index in [-0.39, 0.29) is 0 Å². The van der Waals surface area contributed by atoms with Gasteiger partial charge in [0.25, 0.3) is 0 Å². The highest BCUT2D eigenvalue weighted by Gasteiger charge is 2.71. The fraction of sp³-hybridized carbons (Fsp3) is 1.00.